The second-order valence-corrected chi connectivity index (χ2v) is 7.17. The average molecular weight is 378 g/mol. The number of anilines is 4. The van der Waals surface area contributed by atoms with E-state index in [4.69, 9.17) is 4.52 Å². The number of aromatic nitrogens is 2. The van der Waals surface area contributed by atoms with Crippen LogP contribution >= 0.6 is 0 Å². The summed E-state index contributed by atoms with van der Waals surface area (Å²) >= 11 is 0. The van der Waals surface area contributed by atoms with Gasteiger partial charge in [0.15, 0.2) is 0 Å². The summed E-state index contributed by atoms with van der Waals surface area (Å²) in [5.41, 5.74) is 5.27. The normalized spacial score (nSPS) is 14.9. The van der Waals surface area contributed by atoms with Gasteiger partial charge in [0.2, 0.25) is 0 Å². The molecule has 0 amide bonds. The average Bonchev–Trinajstić information content (AvgIpc) is 3.18. The summed E-state index contributed by atoms with van der Waals surface area (Å²) in [5.74, 6) is 0.963. The van der Waals surface area contributed by atoms with Crippen LogP contribution < -0.4 is 15.5 Å². The van der Waals surface area contributed by atoms with Gasteiger partial charge in [0.05, 0.1) is 0 Å². The summed E-state index contributed by atoms with van der Waals surface area (Å²) in [6.07, 6.45) is 0. The van der Waals surface area contributed by atoms with Crippen molar-refractivity contribution >= 4 is 23.0 Å². The summed E-state index contributed by atoms with van der Waals surface area (Å²) in [4.78, 5) is 9.26. The maximum atomic E-state index is 5.50. The van der Waals surface area contributed by atoms with Crippen LogP contribution in [-0.2, 0) is 0 Å². The van der Waals surface area contributed by atoms with Crippen LogP contribution in [0.3, 0.4) is 0 Å². The Labute approximate surface area is 165 Å². The highest BCUT2D eigenvalue weighted by Crippen LogP contribution is 2.27. The van der Waals surface area contributed by atoms with Gasteiger partial charge in [-0.1, -0.05) is 12.1 Å². The zero-order valence-corrected chi connectivity index (χ0v) is 16.6. The topological polar surface area (TPSA) is 69.5 Å². The lowest BCUT2D eigenvalue weighted by molar-refractivity contribution is 0.313. The highest BCUT2D eigenvalue weighted by atomic mass is 16.5. The van der Waals surface area contributed by atoms with Gasteiger partial charge >= 0.3 is 0 Å². The Morgan fingerprint density at radius 3 is 2.64 bits per heavy atom. The van der Waals surface area contributed by atoms with Crippen molar-refractivity contribution in [2.45, 2.75) is 6.92 Å². The van der Waals surface area contributed by atoms with Gasteiger partial charge in [-0.15, -0.1) is 0 Å². The van der Waals surface area contributed by atoms with E-state index in [2.05, 4.69) is 62.7 Å². The van der Waals surface area contributed by atoms with Crippen LogP contribution in [0, 0.1) is 6.92 Å². The van der Waals surface area contributed by atoms with E-state index in [9.17, 15) is 0 Å². The molecule has 0 unspecified atom stereocenters. The number of hydrogen-bond acceptors (Lipinski definition) is 7. The first kappa shape index (κ1) is 18.3. The standard InChI is InChI=1S/C21H26N6O/c1-15-7-8-17(14-19(15)22-2)23-21-24-20(28-25-21)16-5-4-6-18(13-16)27-11-9-26(3)10-12-27/h4-8,13-14,22H,9-12H2,1-3H3,(H,23,25). The fourth-order valence-electron chi connectivity index (χ4n) is 3.39. The summed E-state index contributed by atoms with van der Waals surface area (Å²) in [5, 5.41) is 10.5. The lowest BCUT2D eigenvalue weighted by Gasteiger charge is -2.34. The van der Waals surface area contributed by atoms with Gasteiger partial charge in [0.25, 0.3) is 11.8 Å². The number of benzene rings is 2. The fourth-order valence-corrected chi connectivity index (χ4v) is 3.39. The van der Waals surface area contributed by atoms with E-state index in [0.717, 1.165) is 43.1 Å². The molecule has 7 nitrogen and oxygen atoms in total. The molecule has 28 heavy (non-hydrogen) atoms. The molecule has 1 aliphatic rings. The molecule has 3 aromatic rings. The molecule has 1 saturated heterocycles. The molecule has 146 valence electrons. The Morgan fingerprint density at radius 2 is 1.86 bits per heavy atom. The van der Waals surface area contributed by atoms with Crippen molar-refractivity contribution in [3.8, 4) is 11.5 Å². The van der Waals surface area contributed by atoms with Gasteiger partial charge in [-0.25, -0.2) is 0 Å². The summed E-state index contributed by atoms with van der Waals surface area (Å²) in [7, 11) is 4.07. The van der Waals surface area contributed by atoms with Crippen molar-refractivity contribution < 1.29 is 4.52 Å². The number of nitrogens with one attached hydrogen (secondary N) is 2. The monoisotopic (exact) mass is 378 g/mol. The molecule has 0 saturated carbocycles. The highest BCUT2D eigenvalue weighted by Gasteiger charge is 2.16. The van der Waals surface area contributed by atoms with E-state index in [0.29, 0.717) is 11.8 Å². The molecule has 0 aliphatic carbocycles. The molecule has 1 aromatic heterocycles. The van der Waals surface area contributed by atoms with Crippen molar-refractivity contribution in [1.82, 2.24) is 15.0 Å². The molecule has 0 radical (unpaired) electrons. The molecule has 0 bridgehead atoms. The van der Waals surface area contributed by atoms with Gasteiger partial charge in [-0.05, 0) is 55.0 Å². The maximum absolute atomic E-state index is 5.50. The number of aryl methyl sites for hydroxylation is 1. The highest BCUT2D eigenvalue weighted by molar-refractivity contribution is 5.66. The first-order chi connectivity index (χ1) is 13.6. The minimum atomic E-state index is 0.450. The molecule has 1 aliphatic heterocycles. The Balaban J connectivity index is 1.50. The van der Waals surface area contributed by atoms with E-state index in [-0.39, 0.29) is 0 Å². The SMILES string of the molecule is CNc1cc(Nc2noc(-c3cccc(N4CCN(C)CC4)c3)n2)ccc1C. The van der Waals surface area contributed by atoms with Crippen molar-refractivity contribution in [2.75, 3.05) is 55.8 Å². The Kier molecular flexibility index (Phi) is 5.16. The predicted molar refractivity (Wildman–Crippen MR) is 113 cm³/mol. The second-order valence-electron chi connectivity index (χ2n) is 7.17. The van der Waals surface area contributed by atoms with Gasteiger partial charge in [0.1, 0.15) is 0 Å². The number of nitrogens with zero attached hydrogens (tertiary/aromatic N) is 4. The number of hydrogen-bond donors (Lipinski definition) is 2. The first-order valence-corrected chi connectivity index (χ1v) is 9.55. The number of rotatable bonds is 5. The van der Waals surface area contributed by atoms with Gasteiger partial charge in [0, 0.05) is 55.9 Å². The third-order valence-electron chi connectivity index (χ3n) is 5.15. The third kappa shape index (κ3) is 3.94. The Hall–Kier alpha value is -3.06. The Morgan fingerprint density at radius 1 is 1.04 bits per heavy atom. The van der Waals surface area contributed by atoms with E-state index in [1.807, 2.05) is 31.3 Å². The lowest BCUT2D eigenvalue weighted by Crippen LogP contribution is -2.44. The smallest absolute Gasteiger partial charge is 0.268 e. The summed E-state index contributed by atoms with van der Waals surface area (Å²) in [6.45, 7) is 6.26. The molecule has 7 heteroatoms. The largest absolute Gasteiger partial charge is 0.388 e. The van der Waals surface area contributed by atoms with Crippen molar-refractivity contribution in [2.24, 2.45) is 0 Å². The van der Waals surface area contributed by atoms with Crippen LogP contribution in [0.15, 0.2) is 47.0 Å². The van der Waals surface area contributed by atoms with E-state index in [1.54, 1.807) is 0 Å². The molecule has 2 heterocycles. The van der Waals surface area contributed by atoms with Crippen LogP contribution in [0.25, 0.3) is 11.5 Å². The summed E-state index contributed by atoms with van der Waals surface area (Å²) in [6, 6.07) is 14.4. The Bertz CT molecular complexity index is 946. The predicted octanol–water partition coefficient (Wildman–Crippen LogP) is 3.58. The summed E-state index contributed by atoms with van der Waals surface area (Å²) < 4.78 is 5.50. The zero-order valence-electron chi connectivity index (χ0n) is 16.6. The molecular formula is C21H26N6O. The molecular weight excluding hydrogens is 352 g/mol. The van der Waals surface area contributed by atoms with Crippen LogP contribution in [0.4, 0.5) is 23.0 Å². The lowest BCUT2D eigenvalue weighted by atomic mass is 10.1. The van der Waals surface area contributed by atoms with Gasteiger partial charge in [-0.3, -0.25) is 0 Å². The molecule has 0 atom stereocenters. The second kappa shape index (κ2) is 7.90. The molecule has 2 aromatic carbocycles. The minimum absolute atomic E-state index is 0.450. The molecule has 0 spiro atoms. The first-order valence-electron chi connectivity index (χ1n) is 9.55. The van der Waals surface area contributed by atoms with Crippen molar-refractivity contribution in [3.63, 3.8) is 0 Å². The van der Waals surface area contributed by atoms with Crippen molar-refractivity contribution in [1.29, 1.82) is 0 Å². The number of likely N-dealkylation sites (N-methyl/N-ethyl adjacent to an activating group) is 1. The van der Waals surface area contributed by atoms with Crippen LogP contribution in [0.2, 0.25) is 0 Å². The molecule has 1 fully saturated rings. The third-order valence-corrected chi connectivity index (χ3v) is 5.15. The van der Waals surface area contributed by atoms with Crippen molar-refractivity contribution in [3.05, 3.63) is 48.0 Å². The van der Waals surface area contributed by atoms with Crippen LogP contribution in [0.1, 0.15) is 5.56 Å². The van der Waals surface area contributed by atoms with Crippen LogP contribution in [-0.4, -0.2) is 55.3 Å². The number of piperazine rings is 1. The van der Waals surface area contributed by atoms with Crippen LogP contribution in [0.5, 0.6) is 0 Å². The maximum Gasteiger partial charge on any atom is 0.268 e. The quantitative estimate of drug-likeness (QED) is 0.703. The molecule has 2 N–H and O–H groups in total. The van der Waals surface area contributed by atoms with Gasteiger partial charge in [-0.2, -0.15) is 4.98 Å². The zero-order chi connectivity index (χ0) is 19.5. The van der Waals surface area contributed by atoms with E-state index in [1.165, 1.54) is 11.3 Å². The molecule has 4 rings (SSSR count). The van der Waals surface area contributed by atoms with E-state index >= 15 is 0 Å². The fraction of sp³-hybridized carbons (Fsp3) is 0.333. The minimum Gasteiger partial charge on any atom is -0.388 e. The van der Waals surface area contributed by atoms with Gasteiger partial charge < -0.3 is 25.0 Å². The van der Waals surface area contributed by atoms with E-state index < -0.39 is 0 Å².